The standard InChI is InChI=1S/C27H30N4O5/c1-30-23-13-12-21(35-3)14-24(23)31(27(30)33)16-17-4-6-19(7-5-17)26(32)28-25-15-22(29-36-25)18-8-10-20(34-2)11-9-18/h8-15,17,19H,4-7,16H2,1-3H3,(H,28,32). The van der Waals surface area contributed by atoms with Gasteiger partial charge in [-0.2, -0.15) is 0 Å². The second kappa shape index (κ2) is 9.93. The van der Waals surface area contributed by atoms with Crippen LogP contribution in [-0.2, 0) is 18.4 Å². The summed E-state index contributed by atoms with van der Waals surface area (Å²) in [4.78, 5) is 25.7. The van der Waals surface area contributed by atoms with Crippen LogP contribution in [0.4, 0.5) is 5.88 Å². The molecule has 0 aliphatic heterocycles. The van der Waals surface area contributed by atoms with Crippen LogP contribution in [0.2, 0.25) is 0 Å². The first kappa shape index (κ1) is 23.7. The first-order chi connectivity index (χ1) is 17.5. The van der Waals surface area contributed by atoms with Crippen molar-refractivity contribution in [2.45, 2.75) is 32.2 Å². The van der Waals surface area contributed by atoms with E-state index >= 15 is 0 Å². The number of ether oxygens (including phenoxy) is 2. The van der Waals surface area contributed by atoms with Crippen LogP contribution in [0.15, 0.2) is 57.8 Å². The third-order valence-corrected chi connectivity index (χ3v) is 7.15. The number of fused-ring (bicyclic) bond motifs is 1. The number of anilines is 1. The van der Waals surface area contributed by atoms with Gasteiger partial charge in [0.15, 0.2) is 0 Å². The van der Waals surface area contributed by atoms with Crippen molar-refractivity contribution in [2.75, 3.05) is 19.5 Å². The highest BCUT2D eigenvalue weighted by Gasteiger charge is 2.28. The SMILES string of the molecule is COc1ccc(-c2cc(NC(=O)C3CCC(Cn4c(=O)n(C)c5ccc(OC)cc54)CC3)on2)cc1. The largest absolute Gasteiger partial charge is 0.497 e. The first-order valence-corrected chi connectivity index (χ1v) is 12.1. The maximum absolute atomic E-state index is 12.9. The summed E-state index contributed by atoms with van der Waals surface area (Å²) in [6.07, 6.45) is 3.27. The number of nitrogens with zero attached hydrogens (tertiary/aromatic N) is 3. The Morgan fingerprint density at radius 1 is 1.00 bits per heavy atom. The van der Waals surface area contributed by atoms with Crippen LogP contribution in [0.5, 0.6) is 11.5 Å². The predicted molar refractivity (Wildman–Crippen MR) is 136 cm³/mol. The Bertz CT molecular complexity index is 1420. The van der Waals surface area contributed by atoms with Crippen molar-refractivity contribution >= 4 is 22.8 Å². The number of aromatic nitrogens is 3. The van der Waals surface area contributed by atoms with E-state index in [1.165, 1.54) is 0 Å². The first-order valence-electron chi connectivity index (χ1n) is 12.1. The van der Waals surface area contributed by atoms with Gasteiger partial charge in [-0.1, -0.05) is 5.16 Å². The number of hydrogen-bond acceptors (Lipinski definition) is 6. The molecule has 0 spiro atoms. The lowest BCUT2D eigenvalue weighted by molar-refractivity contribution is -0.121. The predicted octanol–water partition coefficient (Wildman–Crippen LogP) is 4.46. The Kier molecular flexibility index (Phi) is 6.54. The van der Waals surface area contributed by atoms with E-state index in [9.17, 15) is 9.59 Å². The van der Waals surface area contributed by atoms with Crippen molar-refractivity contribution in [3.05, 3.63) is 59.0 Å². The molecule has 2 aromatic heterocycles. The fourth-order valence-electron chi connectivity index (χ4n) is 5.01. The lowest BCUT2D eigenvalue weighted by Crippen LogP contribution is -2.30. The number of amides is 1. The third-order valence-electron chi connectivity index (χ3n) is 7.15. The summed E-state index contributed by atoms with van der Waals surface area (Å²) in [5.74, 6) is 2.00. The van der Waals surface area contributed by atoms with Crippen molar-refractivity contribution in [3.8, 4) is 22.8 Å². The van der Waals surface area contributed by atoms with Crippen molar-refractivity contribution in [3.63, 3.8) is 0 Å². The van der Waals surface area contributed by atoms with Gasteiger partial charge in [0.1, 0.15) is 17.2 Å². The Labute approximate surface area is 208 Å². The van der Waals surface area contributed by atoms with Gasteiger partial charge in [-0.3, -0.25) is 19.2 Å². The molecule has 9 heteroatoms. The molecule has 1 aliphatic carbocycles. The van der Waals surface area contributed by atoms with Gasteiger partial charge in [-0.25, -0.2) is 4.79 Å². The molecule has 1 saturated carbocycles. The lowest BCUT2D eigenvalue weighted by Gasteiger charge is -2.27. The quantitative estimate of drug-likeness (QED) is 0.411. The van der Waals surface area contributed by atoms with Crippen LogP contribution in [0, 0.1) is 11.8 Å². The molecule has 0 bridgehead atoms. The molecule has 0 radical (unpaired) electrons. The number of imidazole rings is 1. The van der Waals surface area contributed by atoms with Gasteiger partial charge >= 0.3 is 5.69 Å². The zero-order chi connectivity index (χ0) is 25.2. The highest BCUT2D eigenvalue weighted by molar-refractivity contribution is 5.91. The fourth-order valence-corrected chi connectivity index (χ4v) is 5.01. The number of aryl methyl sites for hydroxylation is 1. The van der Waals surface area contributed by atoms with Crippen LogP contribution in [0.25, 0.3) is 22.3 Å². The van der Waals surface area contributed by atoms with Gasteiger partial charge in [0.25, 0.3) is 0 Å². The molecule has 36 heavy (non-hydrogen) atoms. The van der Waals surface area contributed by atoms with Gasteiger partial charge in [0.05, 0.1) is 25.3 Å². The molecule has 4 aromatic rings. The number of carbonyl (C=O) groups excluding carboxylic acids is 1. The maximum Gasteiger partial charge on any atom is 0.328 e. The fraction of sp³-hybridized carbons (Fsp3) is 0.370. The molecule has 2 aromatic carbocycles. The summed E-state index contributed by atoms with van der Waals surface area (Å²) in [5.41, 5.74) is 3.25. The number of carbonyl (C=O) groups is 1. The Balaban J connectivity index is 1.19. The minimum atomic E-state index is -0.0971. The molecule has 188 valence electrons. The van der Waals surface area contributed by atoms with Crippen LogP contribution in [0.1, 0.15) is 25.7 Å². The monoisotopic (exact) mass is 490 g/mol. The van der Waals surface area contributed by atoms with Gasteiger partial charge in [0.2, 0.25) is 11.8 Å². The van der Waals surface area contributed by atoms with E-state index in [0.717, 1.165) is 53.8 Å². The highest BCUT2D eigenvalue weighted by atomic mass is 16.5. The second-order valence-corrected chi connectivity index (χ2v) is 9.32. The van der Waals surface area contributed by atoms with Crippen LogP contribution in [-0.4, -0.2) is 34.4 Å². The molecular formula is C27H30N4O5. The normalized spacial score (nSPS) is 17.8. The summed E-state index contributed by atoms with van der Waals surface area (Å²) in [6, 6.07) is 14.9. The van der Waals surface area contributed by atoms with Crippen LogP contribution in [0.3, 0.4) is 0 Å². The Morgan fingerprint density at radius 2 is 1.69 bits per heavy atom. The number of hydrogen-bond donors (Lipinski definition) is 1. The molecule has 1 fully saturated rings. The Hall–Kier alpha value is -4.01. The molecule has 5 rings (SSSR count). The average molecular weight is 491 g/mol. The second-order valence-electron chi connectivity index (χ2n) is 9.32. The van der Waals surface area contributed by atoms with E-state index in [4.69, 9.17) is 14.0 Å². The smallest absolute Gasteiger partial charge is 0.328 e. The lowest BCUT2D eigenvalue weighted by atomic mass is 9.81. The van der Waals surface area contributed by atoms with E-state index in [2.05, 4.69) is 10.5 Å². The van der Waals surface area contributed by atoms with Crippen molar-refractivity contribution in [1.82, 2.24) is 14.3 Å². The van der Waals surface area contributed by atoms with E-state index in [1.807, 2.05) is 47.0 Å². The zero-order valence-corrected chi connectivity index (χ0v) is 20.7. The number of rotatable bonds is 7. The van der Waals surface area contributed by atoms with Crippen molar-refractivity contribution in [1.29, 1.82) is 0 Å². The molecule has 1 aliphatic rings. The summed E-state index contributed by atoms with van der Waals surface area (Å²) in [7, 11) is 5.03. The van der Waals surface area contributed by atoms with Gasteiger partial charge in [0, 0.05) is 37.2 Å². The van der Waals surface area contributed by atoms with Gasteiger partial charge in [-0.15, -0.1) is 0 Å². The molecule has 0 atom stereocenters. The van der Waals surface area contributed by atoms with Gasteiger partial charge in [-0.05, 0) is 68.0 Å². The minimum absolute atomic E-state index is 0.0314. The van der Waals surface area contributed by atoms with E-state index in [1.54, 1.807) is 31.9 Å². The summed E-state index contributed by atoms with van der Waals surface area (Å²) in [5, 5.41) is 6.95. The Morgan fingerprint density at radius 3 is 2.39 bits per heavy atom. The third kappa shape index (κ3) is 4.60. The minimum Gasteiger partial charge on any atom is -0.497 e. The van der Waals surface area contributed by atoms with Gasteiger partial charge < -0.3 is 14.0 Å². The highest BCUT2D eigenvalue weighted by Crippen LogP contribution is 2.32. The molecule has 0 saturated heterocycles. The van der Waals surface area contributed by atoms with Crippen LogP contribution < -0.4 is 20.5 Å². The number of nitrogens with one attached hydrogen (secondary N) is 1. The summed E-state index contributed by atoms with van der Waals surface area (Å²) in [6.45, 7) is 0.630. The van der Waals surface area contributed by atoms with Crippen molar-refractivity contribution < 1.29 is 18.8 Å². The molecule has 1 amide bonds. The molecule has 9 nitrogen and oxygen atoms in total. The molecular weight excluding hydrogens is 460 g/mol. The summed E-state index contributed by atoms with van der Waals surface area (Å²) >= 11 is 0. The topological polar surface area (TPSA) is 101 Å². The van der Waals surface area contributed by atoms with E-state index < -0.39 is 0 Å². The zero-order valence-electron chi connectivity index (χ0n) is 20.7. The van der Waals surface area contributed by atoms with E-state index in [0.29, 0.717) is 24.0 Å². The van der Waals surface area contributed by atoms with Crippen molar-refractivity contribution in [2.24, 2.45) is 18.9 Å². The van der Waals surface area contributed by atoms with E-state index in [-0.39, 0.29) is 17.5 Å². The summed E-state index contributed by atoms with van der Waals surface area (Å²) < 4.78 is 19.4. The molecule has 0 unspecified atom stereocenters. The molecule has 1 N–H and O–H groups in total. The number of methoxy groups -OCH3 is 2. The average Bonchev–Trinajstić information content (AvgIpc) is 3.47. The number of benzene rings is 2. The molecule has 2 heterocycles. The maximum atomic E-state index is 12.9. The van der Waals surface area contributed by atoms with Crippen LogP contribution >= 0.6 is 0 Å².